The number of pyridine rings is 1. The normalized spacial score (nSPS) is 10.1. The predicted octanol–water partition coefficient (Wildman–Crippen LogP) is 1.96. The summed E-state index contributed by atoms with van der Waals surface area (Å²) in [5, 5.41) is 7.61. The topological polar surface area (TPSA) is 42.7 Å². The van der Waals surface area contributed by atoms with Crippen molar-refractivity contribution >= 4 is 17.4 Å². The number of anilines is 1. The Morgan fingerprint density at radius 2 is 2.29 bits per heavy atom. The Bertz CT molecular complexity index is 438. The molecule has 2 aromatic rings. The van der Waals surface area contributed by atoms with Gasteiger partial charge in [-0.15, -0.1) is 0 Å². The highest BCUT2D eigenvalue weighted by molar-refractivity contribution is 6.30. The van der Waals surface area contributed by atoms with Crippen LogP contribution in [0.1, 0.15) is 0 Å². The van der Waals surface area contributed by atoms with E-state index >= 15 is 0 Å². The molecule has 2 heterocycles. The minimum atomic E-state index is 0.599. The number of rotatable bonds is 2. The zero-order valence-electron chi connectivity index (χ0n) is 7.61. The van der Waals surface area contributed by atoms with E-state index in [0.29, 0.717) is 5.02 Å². The molecule has 72 valence electrons. The first-order valence-electron chi connectivity index (χ1n) is 4.15. The van der Waals surface area contributed by atoms with Crippen LogP contribution in [-0.2, 0) is 0 Å². The van der Waals surface area contributed by atoms with Gasteiger partial charge in [0.2, 0.25) is 0 Å². The van der Waals surface area contributed by atoms with Crippen LogP contribution in [0.3, 0.4) is 0 Å². The minimum Gasteiger partial charge on any atom is -0.373 e. The molecular weight excluding hydrogens is 200 g/mol. The van der Waals surface area contributed by atoms with Crippen molar-refractivity contribution in [3.63, 3.8) is 0 Å². The van der Waals surface area contributed by atoms with Gasteiger partial charge in [-0.05, 0) is 12.1 Å². The van der Waals surface area contributed by atoms with Gasteiger partial charge in [-0.1, -0.05) is 17.7 Å². The summed E-state index contributed by atoms with van der Waals surface area (Å²) >= 11 is 5.76. The molecule has 0 bridgehead atoms. The van der Waals surface area contributed by atoms with Crippen molar-refractivity contribution in [2.75, 3.05) is 12.4 Å². The average Bonchev–Trinajstić information content (AvgIpc) is 2.65. The van der Waals surface area contributed by atoms with E-state index in [-0.39, 0.29) is 0 Å². The van der Waals surface area contributed by atoms with Crippen molar-refractivity contribution in [1.82, 2.24) is 14.8 Å². The van der Waals surface area contributed by atoms with Crippen LogP contribution >= 0.6 is 11.6 Å². The van der Waals surface area contributed by atoms with E-state index in [1.807, 2.05) is 25.2 Å². The molecular formula is C9H9ClN4. The molecule has 5 heteroatoms. The largest absolute Gasteiger partial charge is 0.373 e. The van der Waals surface area contributed by atoms with Gasteiger partial charge in [0.25, 0.3) is 0 Å². The van der Waals surface area contributed by atoms with Gasteiger partial charge in [0, 0.05) is 7.05 Å². The first kappa shape index (κ1) is 9.02. The number of hydrogen-bond acceptors (Lipinski definition) is 3. The zero-order valence-corrected chi connectivity index (χ0v) is 8.36. The maximum Gasteiger partial charge on any atom is 0.155 e. The summed E-state index contributed by atoms with van der Waals surface area (Å²) in [6.07, 6.45) is 3.29. The molecule has 0 aliphatic heterocycles. The van der Waals surface area contributed by atoms with E-state index in [1.54, 1.807) is 17.1 Å². The summed E-state index contributed by atoms with van der Waals surface area (Å²) < 4.78 is 1.63. The maximum atomic E-state index is 5.76. The molecule has 2 rings (SSSR count). The molecule has 0 saturated heterocycles. The van der Waals surface area contributed by atoms with Crippen LogP contribution in [0, 0.1) is 0 Å². The molecule has 2 aromatic heterocycles. The Balaban J connectivity index is 2.41. The van der Waals surface area contributed by atoms with Gasteiger partial charge >= 0.3 is 0 Å². The van der Waals surface area contributed by atoms with Crippen LogP contribution in [0.2, 0.25) is 5.02 Å². The molecule has 0 spiro atoms. The lowest BCUT2D eigenvalue weighted by molar-refractivity contribution is 0.848. The van der Waals surface area contributed by atoms with Crippen molar-refractivity contribution in [1.29, 1.82) is 0 Å². The highest BCUT2D eigenvalue weighted by atomic mass is 35.5. The summed E-state index contributed by atoms with van der Waals surface area (Å²) in [6.45, 7) is 0. The van der Waals surface area contributed by atoms with E-state index in [1.165, 1.54) is 0 Å². The highest BCUT2D eigenvalue weighted by Gasteiger charge is 2.00. The van der Waals surface area contributed by atoms with Crippen molar-refractivity contribution in [3.05, 3.63) is 35.6 Å². The molecule has 14 heavy (non-hydrogen) atoms. The second-order valence-corrected chi connectivity index (χ2v) is 3.17. The Kier molecular flexibility index (Phi) is 2.37. The van der Waals surface area contributed by atoms with E-state index in [4.69, 9.17) is 11.6 Å². The van der Waals surface area contributed by atoms with Gasteiger partial charge in [0.05, 0.1) is 17.4 Å². The summed E-state index contributed by atoms with van der Waals surface area (Å²) in [5.74, 6) is 1.54. The molecule has 0 atom stereocenters. The van der Waals surface area contributed by atoms with E-state index in [0.717, 1.165) is 11.6 Å². The number of nitrogens with one attached hydrogen (secondary N) is 1. The molecule has 0 amide bonds. The number of halogens is 1. The first-order valence-corrected chi connectivity index (χ1v) is 4.53. The first-order chi connectivity index (χ1) is 6.79. The molecule has 0 aliphatic carbocycles. The van der Waals surface area contributed by atoms with Crippen LogP contribution < -0.4 is 5.32 Å². The Hall–Kier alpha value is -1.55. The molecule has 0 fully saturated rings. The number of nitrogens with zero attached hydrogens (tertiary/aromatic N) is 3. The van der Waals surface area contributed by atoms with Crippen molar-refractivity contribution in [2.45, 2.75) is 0 Å². The van der Waals surface area contributed by atoms with Crippen LogP contribution in [0.15, 0.2) is 30.6 Å². The van der Waals surface area contributed by atoms with Gasteiger partial charge in [-0.2, -0.15) is 5.10 Å². The molecule has 0 radical (unpaired) electrons. The van der Waals surface area contributed by atoms with Gasteiger partial charge in [0.1, 0.15) is 5.82 Å². The Morgan fingerprint density at radius 1 is 1.43 bits per heavy atom. The molecule has 0 saturated carbocycles. The third kappa shape index (κ3) is 1.70. The summed E-state index contributed by atoms with van der Waals surface area (Å²) in [5.41, 5.74) is 0. The van der Waals surface area contributed by atoms with Gasteiger partial charge in [0.15, 0.2) is 5.82 Å². The summed E-state index contributed by atoms with van der Waals surface area (Å²) in [7, 11) is 1.82. The number of hydrogen-bond donors (Lipinski definition) is 1. The monoisotopic (exact) mass is 208 g/mol. The van der Waals surface area contributed by atoms with Gasteiger partial charge < -0.3 is 5.32 Å². The standard InChI is InChI=1S/C9H9ClN4/c1-11-8-3-2-4-9(13-8)14-6-7(10)5-12-14/h2-6H,1H3,(H,11,13). The summed E-state index contributed by atoms with van der Waals surface area (Å²) in [4.78, 5) is 4.31. The van der Waals surface area contributed by atoms with Crippen molar-refractivity contribution < 1.29 is 0 Å². The molecule has 0 aliphatic rings. The third-order valence-corrected chi connectivity index (χ3v) is 1.97. The molecule has 0 unspecified atom stereocenters. The zero-order chi connectivity index (χ0) is 9.97. The second-order valence-electron chi connectivity index (χ2n) is 2.73. The second kappa shape index (κ2) is 3.67. The smallest absolute Gasteiger partial charge is 0.155 e. The minimum absolute atomic E-state index is 0.599. The lowest BCUT2D eigenvalue weighted by Crippen LogP contribution is -2.00. The third-order valence-electron chi connectivity index (χ3n) is 1.78. The van der Waals surface area contributed by atoms with Crippen LogP contribution in [0.25, 0.3) is 5.82 Å². The van der Waals surface area contributed by atoms with Crippen LogP contribution in [0.4, 0.5) is 5.82 Å². The molecule has 1 N–H and O–H groups in total. The predicted molar refractivity (Wildman–Crippen MR) is 55.9 cm³/mol. The quantitative estimate of drug-likeness (QED) is 0.821. The molecule has 4 nitrogen and oxygen atoms in total. The highest BCUT2D eigenvalue weighted by Crippen LogP contribution is 2.11. The number of aromatic nitrogens is 3. The van der Waals surface area contributed by atoms with Gasteiger partial charge in [-0.3, -0.25) is 0 Å². The van der Waals surface area contributed by atoms with E-state index in [9.17, 15) is 0 Å². The molecule has 0 aromatic carbocycles. The SMILES string of the molecule is CNc1cccc(-n2cc(Cl)cn2)n1. The summed E-state index contributed by atoms with van der Waals surface area (Å²) in [6, 6.07) is 5.66. The van der Waals surface area contributed by atoms with E-state index in [2.05, 4.69) is 15.4 Å². The van der Waals surface area contributed by atoms with Crippen LogP contribution in [-0.4, -0.2) is 21.8 Å². The lowest BCUT2D eigenvalue weighted by Gasteiger charge is -2.02. The Morgan fingerprint density at radius 3 is 2.93 bits per heavy atom. The van der Waals surface area contributed by atoms with Gasteiger partial charge in [-0.25, -0.2) is 9.67 Å². The Labute approximate surface area is 86.5 Å². The fourth-order valence-electron chi connectivity index (χ4n) is 1.12. The maximum absolute atomic E-state index is 5.76. The van der Waals surface area contributed by atoms with E-state index < -0.39 is 0 Å². The fourth-order valence-corrected chi connectivity index (χ4v) is 1.25. The fraction of sp³-hybridized carbons (Fsp3) is 0.111. The lowest BCUT2D eigenvalue weighted by atomic mass is 10.4. The average molecular weight is 209 g/mol. The van der Waals surface area contributed by atoms with Crippen molar-refractivity contribution in [2.24, 2.45) is 0 Å². The van der Waals surface area contributed by atoms with Crippen LogP contribution in [0.5, 0.6) is 0 Å². The van der Waals surface area contributed by atoms with Crippen molar-refractivity contribution in [3.8, 4) is 5.82 Å².